The zero-order valence-electron chi connectivity index (χ0n) is 16.1. The Morgan fingerprint density at radius 1 is 1.19 bits per heavy atom. The fourth-order valence-corrected chi connectivity index (χ4v) is 3.13. The smallest absolute Gasteiger partial charge is 0.412 e. The Labute approximate surface area is 157 Å². The molecule has 2 heterocycles. The summed E-state index contributed by atoms with van der Waals surface area (Å²) in [5, 5.41) is 0.739. The Hall–Kier alpha value is -2.45. The molecule has 3 rings (SSSR count). The zero-order chi connectivity index (χ0) is 20.0. The molecule has 1 fully saturated rings. The van der Waals surface area contributed by atoms with Crippen LogP contribution in [0.2, 0.25) is 0 Å². The van der Waals surface area contributed by atoms with Crippen molar-refractivity contribution in [1.29, 1.82) is 0 Å². The number of benzene rings is 1. The Morgan fingerprint density at radius 3 is 2.26 bits per heavy atom. The summed E-state index contributed by atoms with van der Waals surface area (Å²) in [6.45, 7) is 8.96. The Balaban J connectivity index is 1.71. The van der Waals surface area contributed by atoms with Gasteiger partial charge in [0.2, 0.25) is 0 Å². The van der Waals surface area contributed by atoms with Crippen molar-refractivity contribution in [2.45, 2.75) is 52.0 Å². The maximum absolute atomic E-state index is 12.6. The predicted octanol–water partition coefficient (Wildman–Crippen LogP) is 2.59. The average Bonchev–Trinajstić information content (AvgIpc) is 2.99. The number of hydroxylamine groups is 2. The summed E-state index contributed by atoms with van der Waals surface area (Å²) in [6.07, 6.45) is -0.541. The Kier molecular flexibility index (Phi) is 4.73. The lowest BCUT2D eigenvalue weighted by atomic mass is 10.1. The van der Waals surface area contributed by atoms with Gasteiger partial charge in [-0.25, -0.2) is 4.79 Å². The SMILES string of the molecule is CC(C)(C)OC(=O)N1[C@@H](CON2C(=O)c3ccccc3C2=O)COC1(C)C. The summed E-state index contributed by atoms with van der Waals surface area (Å²) in [4.78, 5) is 44.3. The van der Waals surface area contributed by atoms with E-state index in [2.05, 4.69) is 0 Å². The van der Waals surface area contributed by atoms with Gasteiger partial charge in [-0.3, -0.25) is 19.3 Å². The molecule has 0 aliphatic carbocycles. The second-order valence-corrected chi connectivity index (χ2v) is 8.01. The fourth-order valence-electron chi connectivity index (χ4n) is 3.13. The number of ether oxygens (including phenoxy) is 2. The van der Waals surface area contributed by atoms with E-state index in [1.807, 2.05) is 0 Å². The van der Waals surface area contributed by atoms with E-state index >= 15 is 0 Å². The number of imide groups is 1. The van der Waals surface area contributed by atoms with Crippen LogP contribution in [0.25, 0.3) is 0 Å². The van der Waals surface area contributed by atoms with Crippen LogP contribution in [0.3, 0.4) is 0 Å². The molecule has 1 aromatic rings. The predicted molar refractivity (Wildman–Crippen MR) is 94.8 cm³/mol. The number of fused-ring (bicyclic) bond motifs is 1. The van der Waals surface area contributed by atoms with Gasteiger partial charge in [-0.05, 0) is 46.8 Å². The molecule has 2 aliphatic heterocycles. The highest BCUT2D eigenvalue weighted by Gasteiger charge is 2.47. The number of carbonyl (C=O) groups excluding carboxylic acids is 3. The third-order valence-corrected chi connectivity index (χ3v) is 4.32. The molecule has 0 saturated carbocycles. The van der Waals surface area contributed by atoms with E-state index in [0.717, 1.165) is 5.06 Å². The number of carbonyl (C=O) groups is 3. The van der Waals surface area contributed by atoms with Crippen LogP contribution >= 0.6 is 0 Å². The average molecular weight is 376 g/mol. The molecule has 146 valence electrons. The summed E-state index contributed by atoms with van der Waals surface area (Å²) < 4.78 is 11.1. The van der Waals surface area contributed by atoms with E-state index < -0.39 is 35.3 Å². The molecule has 3 amide bonds. The van der Waals surface area contributed by atoms with E-state index in [9.17, 15) is 14.4 Å². The standard InChI is InChI=1S/C19H24N2O6/c1-18(2,3)27-17(24)20-12(10-25-19(20,4)5)11-26-21-15(22)13-8-6-7-9-14(13)16(21)23/h6-9,12H,10-11H2,1-5H3/t12-/m1/s1. The van der Waals surface area contributed by atoms with Crippen molar-refractivity contribution in [3.05, 3.63) is 35.4 Å². The van der Waals surface area contributed by atoms with Gasteiger partial charge in [0.1, 0.15) is 11.3 Å². The molecule has 1 aromatic carbocycles. The van der Waals surface area contributed by atoms with Gasteiger partial charge in [-0.1, -0.05) is 12.1 Å². The van der Waals surface area contributed by atoms with Crippen LogP contribution in [0, 0.1) is 0 Å². The van der Waals surface area contributed by atoms with E-state index in [1.165, 1.54) is 4.90 Å². The highest BCUT2D eigenvalue weighted by Crippen LogP contribution is 2.30. The third-order valence-electron chi connectivity index (χ3n) is 4.32. The first-order valence-corrected chi connectivity index (χ1v) is 8.78. The number of amides is 3. The first-order valence-electron chi connectivity index (χ1n) is 8.78. The normalized spacial score (nSPS) is 21.6. The first-order chi connectivity index (χ1) is 12.5. The van der Waals surface area contributed by atoms with Crippen LogP contribution in [0.4, 0.5) is 4.79 Å². The van der Waals surface area contributed by atoms with Gasteiger partial charge in [0.15, 0.2) is 0 Å². The highest BCUT2D eigenvalue weighted by molar-refractivity contribution is 6.20. The molecule has 0 spiro atoms. The third kappa shape index (κ3) is 3.68. The van der Waals surface area contributed by atoms with Gasteiger partial charge >= 0.3 is 6.09 Å². The van der Waals surface area contributed by atoms with Crippen molar-refractivity contribution in [1.82, 2.24) is 9.96 Å². The van der Waals surface area contributed by atoms with Crippen molar-refractivity contribution >= 4 is 17.9 Å². The molecule has 2 aliphatic rings. The molecule has 8 nitrogen and oxygen atoms in total. The summed E-state index contributed by atoms with van der Waals surface area (Å²) in [7, 11) is 0. The van der Waals surface area contributed by atoms with Crippen LogP contribution < -0.4 is 0 Å². The Bertz CT molecular complexity index is 748. The zero-order valence-corrected chi connectivity index (χ0v) is 16.1. The molecular formula is C19H24N2O6. The first kappa shape index (κ1) is 19.3. The minimum absolute atomic E-state index is 0.0753. The van der Waals surface area contributed by atoms with Crippen molar-refractivity contribution in [3.63, 3.8) is 0 Å². The molecule has 1 saturated heterocycles. The lowest BCUT2D eigenvalue weighted by molar-refractivity contribution is -0.109. The molecular weight excluding hydrogens is 352 g/mol. The topological polar surface area (TPSA) is 85.4 Å². The summed E-state index contributed by atoms with van der Waals surface area (Å²) in [5.41, 5.74) is -0.953. The molecule has 27 heavy (non-hydrogen) atoms. The van der Waals surface area contributed by atoms with E-state index in [4.69, 9.17) is 14.3 Å². The molecule has 0 bridgehead atoms. The van der Waals surface area contributed by atoms with Gasteiger partial charge in [0.05, 0.1) is 30.4 Å². The molecule has 0 aromatic heterocycles. The Morgan fingerprint density at radius 2 is 1.74 bits per heavy atom. The second kappa shape index (κ2) is 6.61. The van der Waals surface area contributed by atoms with Gasteiger partial charge < -0.3 is 9.47 Å². The lowest BCUT2D eigenvalue weighted by Crippen LogP contribution is -2.51. The van der Waals surface area contributed by atoms with Crippen molar-refractivity contribution in [2.24, 2.45) is 0 Å². The maximum atomic E-state index is 12.6. The van der Waals surface area contributed by atoms with Crippen LogP contribution in [0.15, 0.2) is 24.3 Å². The van der Waals surface area contributed by atoms with Gasteiger partial charge in [0, 0.05) is 0 Å². The van der Waals surface area contributed by atoms with E-state index in [0.29, 0.717) is 11.1 Å². The lowest BCUT2D eigenvalue weighted by Gasteiger charge is -2.35. The summed E-state index contributed by atoms with van der Waals surface area (Å²) in [5.74, 6) is -1.03. The number of rotatable bonds is 3. The van der Waals surface area contributed by atoms with Crippen LogP contribution in [0.5, 0.6) is 0 Å². The summed E-state index contributed by atoms with van der Waals surface area (Å²) in [6, 6.07) is 6.02. The van der Waals surface area contributed by atoms with Gasteiger partial charge in [0.25, 0.3) is 11.8 Å². The molecule has 0 N–H and O–H groups in total. The van der Waals surface area contributed by atoms with Crippen LogP contribution in [-0.4, -0.2) is 58.5 Å². The molecule has 1 atom stereocenters. The van der Waals surface area contributed by atoms with E-state index in [-0.39, 0.29) is 13.2 Å². The quantitative estimate of drug-likeness (QED) is 0.754. The largest absolute Gasteiger partial charge is 0.444 e. The van der Waals surface area contributed by atoms with Crippen molar-refractivity contribution < 1.29 is 28.7 Å². The summed E-state index contributed by atoms with van der Waals surface area (Å²) >= 11 is 0. The minimum Gasteiger partial charge on any atom is -0.444 e. The van der Waals surface area contributed by atoms with Crippen molar-refractivity contribution in [3.8, 4) is 0 Å². The van der Waals surface area contributed by atoms with Crippen LogP contribution in [-0.2, 0) is 14.3 Å². The maximum Gasteiger partial charge on any atom is 0.412 e. The molecule has 8 heteroatoms. The fraction of sp³-hybridized carbons (Fsp3) is 0.526. The van der Waals surface area contributed by atoms with Gasteiger partial charge in [-0.15, -0.1) is 5.06 Å². The number of nitrogens with zero attached hydrogens (tertiary/aromatic N) is 2. The highest BCUT2D eigenvalue weighted by atomic mass is 16.7. The molecule has 0 radical (unpaired) electrons. The number of hydrogen-bond acceptors (Lipinski definition) is 6. The minimum atomic E-state index is -0.891. The second-order valence-electron chi connectivity index (χ2n) is 8.01. The van der Waals surface area contributed by atoms with Crippen molar-refractivity contribution in [2.75, 3.05) is 13.2 Å². The number of hydrogen-bond donors (Lipinski definition) is 0. The molecule has 0 unspecified atom stereocenters. The van der Waals surface area contributed by atoms with E-state index in [1.54, 1.807) is 58.9 Å². The van der Waals surface area contributed by atoms with Crippen LogP contribution in [0.1, 0.15) is 55.3 Å². The van der Waals surface area contributed by atoms with Gasteiger partial charge in [-0.2, -0.15) is 0 Å². The monoisotopic (exact) mass is 376 g/mol.